The van der Waals surface area contributed by atoms with Gasteiger partial charge in [-0.3, -0.25) is 4.79 Å². The molecule has 0 unspecified atom stereocenters. The van der Waals surface area contributed by atoms with Crippen LogP contribution < -0.4 is 10.1 Å². The molecule has 0 heterocycles. The Morgan fingerprint density at radius 2 is 1.67 bits per heavy atom. The largest absolute Gasteiger partial charge is 0.467 e. The first-order valence-corrected chi connectivity index (χ1v) is 9.05. The predicted octanol–water partition coefficient (Wildman–Crippen LogP) is 3.87. The summed E-state index contributed by atoms with van der Waals surface area (Å²) in [6, 6.07) is 17.7. The Balaban J connectivity index is 1.74. The number of carbonyl (C=O) groups is 2. The molecule has 0 fully saturated rings. The number of amides is 1. The van der Waals surface area contributed by atoms with Crippen LogP contribution in [0.5, 0.6) is 5.75 Å². The monoisotopic (exact) mass is 365 g/mol. The van der Waals surface area contributed by atoms with Crippen LogP contribution in [-0.4, -0.2) is 25.0 Å². The van der Waals surface area contributed by atoms with E-state index in [0.717, 1.165) is 36.3 Å². The number of rotatable bonds is 7. The fraction of sp³-hybridized carbons (Fsp3) is 0.273. The van der Waals surface area contributed by atoms with Crippen LogP contribution in [0.4, 0.5) is 0 Å². The minimum absolute atomic E-state index is 0.296. The van der Waals surface area contributed by atoms with Crippen LogP contribution in [-0.2, 0) is 9.53 Å². The van der Waals surface area contributed by atoms with Crippen molar-refractivity contribution in [1.82, 2.24) is 5.32 Å². The van der Waals surface area contributed by atoms with Gasteiger partial charge in [0.15, 0.2) is 0 Å². The molecule has 1 aliphatic carbocycles. The number of benzene rings is 2. The number of para-hydroxylation sites is 1. The van der Waals surface area contributed by atoms with Gasteiger partial charge in [0.25, 0.3) is 5.91 Å². The van der Waals surface area contributed by atoms with Gasteiger partial charge in [0.2, 0.25) is 0 Å². The summed E-state index contributed by atoms with van der Waals surface area (Å²) in [4.78, 5) is 24.7. The van der Waals surface area contributed by atoms with Crippen LogP contribution in [0.2, 0.25) is 0 Å². The molecule has 0 aromatic heterocycles. The Hall–Kier alpha value is -3.08. The number of allylic oxidation sites excluding steroid dienone is 1. The third-order valence-electron chi connectivity index (χ3n) is 4.54. The Morgan fingerprint density at radius 1 is 1.00 bits per heavy atom. The topological polar surface area (TPSA) is 64.6 Å². The Morgan fingerprint density at radius 3 is 2.33 bits per heavy atom. The highest BCUT2D eigenvalue weighted by Crippen LogP contribution is 2.31. The van der Waals surface area contributed by atoms with E-state index in [0.29, 0.717) is 12.0 Å². The molecule has 140 valence electrons. The van der Waals surface area contributed by atoms with Gasteiger partial charge in [0.1, 0.15) is 17.6 Å². The van der Waals surface area contributed by atoms with E-state index in [-0.39, 0.29) is 5.91 Å². The van der Waals surface area contributed by atoms with E-state index in [2.05, 4.69) is 5.32 Å². The summed E-state index contributed by atoms with van der Waals surface area (Å²) in [6.07, 6.45) is 3.02. The molecule has 0 spiro atoms. The fourth-order valence-electron chi connectivity index (χ4n) is 3.16. The molecule has 2 aromatic carbocycles. The van der Waals surface area contributed by atoms with E-state index in [4.69, 9.17) is 9.47 Å². The number of carbonyl (C=O) groups excluding carboxylic acids is 2. The molecule has 5 heteroatoms. The molecular formula is C22H23NO4. The smallest absolute Gasteiger partial charge is 0.328 e. The lowest BCUT2D eigenvalue weighted by atomic mass is 10.0. The average Bonchev–Trinajstić information content (AvgIpc) is 3.14. The number of ether oxygens (including phenoxy) is 2. The first-order chi connectivity index (χ1) is 13.2. The van der Waals surface area contributed by atoms with E-state index in [9.17, 15) is 9.59 Å². The van der Waals surface area contributed by atoms with E-state index in [1.165, 1.54) is 7.11 Å². The van der Waals surface area contributed by atoms with Gasteiger partial charge in [-0.05, 0) is 42.7 Å². The molecule has 0 radical (unpaired) electrons. The van der Waals surface area contributed by atoms with Crippen molar-refractivity contribution >= 4 is 11.9 Å². The molecule has 3 rings (SSSR count). The van der Waals surface area contributed by atoms with Crippen molar-refractivity contribution in [3.63, 3.8) is 0 Å². The van der Waals surface area contributed by atoms with Gasteiger partial charge in [-0.1, -0.05) is 36.4 Å². The lowest BCUT2D eigenvalue weighted by Gasteiger charge is -2.18. The Labute approximate surface area is 159 Å². The number of nitrogens with one attached hydrogen (secondary N) is 1. The van der Waals surface area contributed by atoms with Gasteiger partial charge in [0.05, 0.1) is 7.11 Å². The summed E-state index contributed by atoms with van der Waals surface area (Å²) in [5.74, 6) is 0.895. The summed E-state index contributed by atoms with van der Waals surface area (Å²) in [5, 5.41) is 2.79. The van der Waals surface area contributed by atoms with Crippen LogP contribution in [0.1, 0.15) is 36.0 Å². The molecule has 1 N–H and O–H groups in total. The lowest BCUT2D eigenvalue weighted by molar-refractivity contribution is -0.142. The average molecular weight is 365 g/mol. The molecule has 27 heavy (non-hydrogen) atoms. The molecular weight excluding hydrogens is 342 g/mol. The molecule has 0 saturated carbocycles. The van der Waals surface area contributed by atoms with Crippen LogP contribution in [0.25, 0.3) is 0 Å². The highest BCUT2D eigenvalue weighted by molar-refractivity contribution is 5.96. The van der Waals surface area contributed by atoms with Crippen molar-refractivity contribution in [1.29, 1.82) is 0 Å². The van der Waals surface area contributed by atoms with Crippen LogP contribution in [0.3, 0.4) is 0 Å². The zero-order chi connectivity index (χ0) is 19.1. The number of hydrogen-bond acceptors (Lipinski definition) is 4. The Bertz CT molecular complexity index is 815. The molecule has 5 nitrogen and oxygen atoms in total. The van der Waals surface area contributed by atoms with E-state index in [1.54, 1.807) is 24.3 Å². The molecule has 0 aliphatic heterocycles. The molecule has 1 atom stereocenters. The van der Waals surface area contributed by atoms with Crippen molar-refractivity contribution in [3.8, 4) is 5.75 Å². The minimum atomic E-state index is -0.745. The summed E-state index contributed by atoms with van der Waals surface area (Å²) in [5.41, 5.74) is 1.55. The van der Waals surface area contributed by atoms with Crippen LogP contribution >= 0.6 is 0 Å². The summed E-state index contributed by atoms with van der Waals surface area (Å²) < 4.78 is 10.9. The number of hydrogen-bond donors (Lipinski definition) is 1. The zero-order valence-corrected chi connectivity index (χ0v) is 15.3. The first-order valence-electron chi connectivity index (χ1n) is 9.05. The second-order valence-electron chi connectivity index (χ2n) is 6.41. The lowest BCUT2D eigenvalue weighted by Crippen LogP contribution is -2.41. The van der Waals surface area contributed by atoms with Crippen LogP contribution in [0, 0.1) is 0 Å². The van der Waals surface area contributed by atoms with Crippen molar-refractivity contribution in [2.45, 2.75) is 31.7 Å². The van der Waals surface area contributed by atoms with Gasteiger partial charge in [-0.2, -0.15) is 0 Å². The van der Waals surface area contributed by atoms with Crippen molar-refractivity contribution in [3.05, 3.63) is 77.6 Å². The fourth-order valence-corrected chi connectivity index (χ4v) is 3.16. The van der Waals surface area contributed by atoms with Gasteiger partial charge in [-0.25, -0.2) is 4.79 Å². The van der Waals surface area contributed by atoms with Gasteiger partial charge in [0, 0.05) is 18.4 Å². The molecule has 0 bridgehead atoms. The standard InChI is InChI=1S/C22H23NO4/c1-26-22(25)19(23-21(24)16-9-4-2-5-10-16)15-17-11-8-14-20(17)27-18-12-6-3-7-13-18/h2-7,9-10,12-13,19H,8,11,14-15H2,1H3,(H,23,24)/t19-/m0/s1. The summed E-state index contributed by atoms with van der Waals surface area (Å²) >= 11 is 0. The SMILES string of the molecule is COC(=O)[C@H](CC1=C(Oc2ccccc2)CCC1)NC(=O)c1ccccc1. The molecule has 0 saturated heterocycles. The third kappa shape index (κ3) is 4.97. The zero-order valence-electron chi connectivity index (χ0n) is 15.3. The maximum absolute atomic E-state index is 12.5. The molecule has 1 aliphatic rings. The van der Waals surface area contributed by atoms with Crippen molar-refractivity contribution < 1.29 is 19.1 Å². The Kier molecular flexibility index (Phi) is 6.26. The van der Waals surface area contributed by atoms with E-state index in [1.807, 2.05) is 36.4 Å². The maximum atomic E-state index is 12.5. The highest BCUT2D eigenvalue weighted by Gasteiger charge is 2.27. The molecule has 1 amide bonds. The number of methoxy groups -OCH3 is 1. The van der Waals surface area contributed by atoms with Gasteiger partial charge in [-0.15, -0.1) is 0 Å². The molecule has 2 aromatic rings. The summed E-state index contributed by atoms with van der Waals surface area (Å²) in [6.45, 7) is 0. The summed E-state index contributed by atoms with van der Waals surface area (Å²) in [7, 11) is 1.33. The number of esters is 1. The van der Waals surface area contributed by atoms with Crippen molar-refractivity contribution in [2.24, 2.45) is 0 Å². The highest BCUT2D eigenvalue weighted by atomic mass is 16.5. The normalized spacial score (nSPS) is 14.6. The second-order valence-corrected chi connectivity index (χ2v) is 6.41. The van der Waals surface area contributed by atoms with Crippen LogP contribution in [0.15, 0.2) is 72.0 Å². The second kappa shape index (κ2) is 9.03. The third-order valence-corrected chi connectivity index (χ3v) is 4.54. The predicted molar refractivity (Wildman–Crippen MR) is 102 cm³/mol. The maximum Gasteiger partial charge on any atom is 0.328 e. The van der Waals surface area contributed by atoms with Crippen molar-refractivity contribution in [2.75, 3.05) is 7.11 Å². The first kappa shape index (κ1) is 18.7. The van der Waals surface area contributed by atoms with Gasteiger partial charge < -0.3 is 14.8 Å². The quantitative estimate of drug-likeness (QED) is 0.757. The van der Waals surface area contributed by atoms with E-state index < -0.39 is 12.0 Å². The van der Waals surface area contributed by atoms with E-state index >= 15 is 0 Å². The van der Waals surface area contributed by atoms with Gasteiger partial charge >= 0.3 is 5.97 Å². The minimum Gasteiger partial charge on any atom is -0.467 e.